The average molecular weight is 700 g/mol. The molecule has 2 saturated heterocycles. The van der Waals surface area contributed by atoms with E-state index in [9.17, 15) is 23.2 Å². The van der Waals surface area contributed by atoms with E-state index >= 15 is 0 Å². The molecular weight excluding hydrogens is 656 g/mol. The minimum atomic E-state index is -2.96. The fourth-order valence-corrected chi connectivity index (χ4v) is 6.84. The Hall–Kier alpha value is -5.25. The van der Waals surface area contributed by atoms with Crippen LogP contribution in [0, 0.1) is 23.7 Å². The molecule has 3 atom stereocenters. The number of imidazole rings is 2. The summed E-state index contributed by atoms with van der Waals surface area (Å²) in [5.74, 6) is 3.85. The number of amides is 3. The first-order valence-electron chi connectivity index (χ1n) is 17.3. The third-order valence-corrected chi connectivity index (χ3v) is 9.42. The number of carbonyl (C=O) groups excluding carboxylic acids is 3. The van der Waals surface area contributed by atoms with Crippen molar-refractivity contribution in [2.45, 2.75) is 77.4 Å². The second kappa shape index (κ2) is 14.5. The first-order chi connectivity index (χ1) is 24.3. The summed E-state index contributed by atoms with van der Waals surface area (Å²) in [7, 11) is 1.27. The van der Waals surface area contributed by atoms with Crippen molar-refractivity contribution in [3.8, 4) is 23.1 Å². The lowest BCUT2D eigenvalue weighted by atomic mass is 10.0. The van der Waals surface area contributed by atoms with E-state index in [1.54, 1.807) is 17.3 Å². The maximum atomic E-state index is 14.4. The van der Waals surface area contributed by atoms with Gasteiger partial charge in [-0.2, -0.15) is 0 Å². The number of fused-ring (bicyclic) bond motifs is 1. The molecule has 0 saturated carbocycles. The van der Waals surface area contributed by atoms with Crippen molar-refractivity contribution in [1.82, 2.24) is 35.1 Å². The Balaban J connectivity index is 1.15. The fraction of sp³-hybridized carbons (Fsp3) is 0.447. The van der Waals surface area contributed by atoms with Crippen LogP contribution in [-0.2, 0) is 14.3 Å². The van der Waals surface area contributed by atoms with E-state index in [1.807, 2.05) is 64.1 Å². The number of hydrogen-bond acceptors (Lipinski definition) is 6. The predicted molar refractivity (Wildman–Crippen MR) is 187 cm³/mol. The van der Waals surface area contributed by atoms with Crippen molar-refractivity contribution in [2.75, 3.05) is 20.2 Å². The molecule has 268 valence electrons. The summed E-state index contributed by atoms with van der Waals surface area (Å²) in [6, 6.07) is 10.0. The molecule has 4 aromatic rings. The summed E-state index contributed by atoms with van der Waals surface area (Å²) in [6.45, 7) is 7.51. The third-order valence-electron chi connectivity index (χ3n) is 9.42. The molecule has 0 unspecified atom stereocenters. The number of carbonyl (C=O) groups is 3. The van der Waals surface area contributed by atoms with Crippen LogP contribution in [-0.4, -0.2) is 79.8 Å². The van der Waals surface area contributed by atoms with Crippen LogP contribution in [0.3, 0.4) is 0 Å². The van der Waals surface area contributed by atoms with Gasteiger partial charge in [-0.15, -0.1) is 0 Å². The normalized spacial score (nSPS) is 19.0. The summed E-state index contributed by atoms with van der Waals surface area (Å²) < 4.78 is 33.6. The minimum Gasteiger partial charge on any atom is -0.453 e. The first-order valence-corrected chi connectivity index (χ1v) is 17.3. The van der Waals surface area contributed by atoms with Gasteiger partial charge in [-0.1, -0.05) is 51.8 Å². The lowest BCUT2D eigenvalue weighted by molar-refractivity contribution is -0.135. The largest absolute Gasteiger partial charge is 0.453 e. The maximum absolute atomic E-state index is 14.4. The van der Waals surface area contributed by atoms with Crippen LogP contribution in [0.25, 0.3) is 22.0 Å². The van der Waals surface area contributed by atoms with Crippen molar-refractivity contribution in [3.05, 3.63) is 71.7 Å². The van der Waals surface area contributed by atoms with Gasteiger partial charge in [-0.25, -0.2) is 23.5 Å². The molecule has 2 aliphatic heterocycles. The highest BCUT2D eigenvalue weighted by Gasteiger charge is 2.48. The van der Waals surface area contributed by atoms with Gasteiger partial charge in [-0.3, -0.25) is 9.59 Å². The first kappa shape index (κ1) is 35.6. The number of aromatic nitrogens is 4. The van der Waals surface area contributed by atoms with Crippen LogP contribution < -0.4 is 5.32 Å². The molecule has 11 nitrogen and oxygen atoms in total. The van der Waals surface area contributed by atoms with Crippen LogP contribution in [0.4, 0.5) is 13.6 Å². The fourth-order valence-electron chi connectivity index (χ4n) is 6.84. The Labute approximate surface area is 295 Å². The zero-order valence-electron chi connectivity index (χ0n) is 29.4. The van der Waals surface area contributed by atoms with E-state index in [0.717, 1.165) is 34.7 Å². The SMILES string of the molecule is COC(=O)N[C@H](C(=O)N1CCC[C@H]1c1ncc(C#Cc2ccc3cc(-c4cnc([C@@H]5CC(F)(F)CN5C(=O)CC(C)C)[nH]4)ccc3c2)[nH]1)C(C)C. The second-order valence-electron chi connectivity index (χ2n) is 14.1. The van der Waals surface area contributed by atoms with E-state index < -0.39 is 37.1 Å². The molecule has 13 heteroatoms. The van der Waals surface area contributed by atoms with Crippen LogP contribution in [0.1, 0.15) is 88.4 Å². The van der Waals surface area contributed by atoms with Crippen molar-refractivity contribution >= 4 is 28.7 Å². The Morgan fingerprint density at radius 3 is 2.45 bits per heavy atom. The van der Waals surface area contributed by atoms with Gasteiger partial charge in [0, 0.05) is 30.5 Å². The molecule has 51 heavy (non-hydrogen) atoms. The number of benzene rings is 2. The quantitative estimate of drug-likeness (QED) is 0.184. The van der Waals surface area contributed by atoms with Gasteiger partial charge in [0.25, 0.3) is 5.92 Å². The number of alkyl halides is 2. The summed E-state index contributed by atoms with van der Waals surface area (Å²) in [6.07, 6.45) is 3.95. The molecular formula is C38H43F2N7O4. The van der Waals surface area contributed by atoms with Gasteiger partial charge in [0.1, 0.15) is 23.4 Å². The number of halogens is 2. The molecule has 4 heterocycles. The number of likely N-dealkylation sites (tertiary alicyclic amines) is 2. The topological polar surface area (TPSA) is 136 Å². The molecule has 3 amide bonds. The highest BCUT2D eigenvalue weighted by molar-refractivity contribution is 5.88. The molecule has 2 aromatic heterocycles. The predicted octanol–water partition coefficient (Wildman–Crippen LogP) is 6.35. The van der Waals surface area contributed by atoms with Gasteiger partial charge in [0.2, 0.25) is 11.8 Å². The molecule has 6 rings (SSSR count). The van der Waals surface area contributed by atoms with Gasteiger partial charge in [0.15, 0.2) is 0 Å². The highest BCUT2D eigenvalue weighted by Crippen LogP contribution is 2.41. The van der Waals surface area contributed by atoms with E-state index in [2.05, 4.69) is 37.1 Å². The zero-order valence-corrected chi connectivity index (χ0v) is 29.4. The lowest BCUT2D eigenvalue weighted by Crippen LogP contribution is -2.51. The number of methoxy groups -OCH3 is 1. The number of rotatable bonds is 8. The van der Waals surface area contributed by atoms with Gasteiger partial charge >= 0.3 is 6.09 Å². The summed E-state index contributed by atoms with van der Waals surface area (Å²) in [5.41, 5.74) is 2.94. The zero-order chi connectivity index (χ0) is 36.4. The summed E-state index contributed by atoms with van der Waals surface area (Å²) >= 11 is 0. The molecule has 2 fully saturated rings. The number of nitrogens with one attached hydrogen (secondary N) is 3. The van der Waals surface area contributed by atoms with E-state index in [-0.39, 0.29) is 36.1 Å². The number of H-pyrrole nitrogens is 2. The molecule has 3 N–H and O–H groups in total. The van der Waals surface area contributed by atoms with Crippen molar-refractivity contribution in [1.29, 1.82) is 0 Å². The second-order valence-corrected chi connectivity index (χ2v) is 14.1. The van der Waals surface area contributed by atoms with Crippen molar-refractivity contribution in [2.24, 2.45) is 11.8 Å². The number of nitrogens with zero attached hydrogens (tertiary/aromatic N) is 4. The summed E-state index contributed by atoms with van der Waals surface area (Å²) in [5, 5.41) is 4.60. The molecule has 2 aromatic carbocycles. The monoisotopic (exact) mass is 699 g/mol. The summed E-state index contributed by atoms with van der Waals surface area (Å²) in [4.78, 5) is 56.5. The standard InChI is InChI=1S/C38H43F2N7O4/c1-22(2)15-32(48)47-21-38(39,40)18-31(47)35-42-20-29(44-35)27-12-11-25-16-24(8-10-26(25)17-27)9-13-28-19-41-34(43-28)30-7-6-14-46(30)36(49)33(23(3)4)45-37(50)51-5/h8,10-12,16-17,19-20,22-23,30-31,33H,6-7,14-15,18,21H2,1-5H3,(H,41,43)(H,42,44)(H,45,50)/t30-,31-,33-/m0/s1. The van der Waals surface area contributed by atoms with Gasteiger partial charge in [0.05, 0.1) is 43.8 Å². The average Bonchev–Trinajstić information content (AvgIpc) is 3.91. The van der Waals surface area contributed by atoms with E-state index in [1.165, 1.54) is 12.0 Å². The van der Waals surface area contributed by atoms with Crippen LogP contribution >= 0.6 is 0 Å². The number of hydrogen-bond donors (Lipinski definition) is 3. The molecule has 2 aliphatic rings. The smallest absolute Gasteiger partial charge is 0.407 e. The Morgan fingerprint density at radius 1 is 0.980 bits per heavy atom. The Kier molecular flexibility index (Phi) is 10.1. The van der Waals surface area contributed by atoms with Crippen molar-refractivity contribution in [3.63, 3.8) is 0 Å². The van der Waals surface area contributed by atoms with Crippen LogP contribution in [0.2, 0.25) is 0 Å². The number of ether oxygens (including phenoxy) is 1. The van der Waals surface area contributed by atoms with E-state index in [0.29, 0.717) is 29.6 Å². The third kappa shape index (κ3) is 7.90. The Bertz CT molecular complexity index is 1990. The highest BCUT2D eigenvalue weighted by atomic mass is 19.3. The minimum absolute atomic E-state index is 0.0661. The van der Waals surface area contributed by atoms with Crippen LogP contribution in [0.15, 0.2) is 48.8 Å². The number of aromatic amines is 2. The molecule has 0 spiro atoms. The van der Waals surface area contributed by atoms with Gasteiger partial charge < -0.3 is 29.8 Å². The lowest BCUT2D eigenvalue weighted by Gasteiger charge is -2.29. The van der Waals surface area contributed by atoms with Crippen molar-refractivity contribution < 1.29 is 27.9 Å². The Morgan fingerprint density at radius 2 is 1.71 bits per heavy atom. The van der Waals surface area contributed by atoms with Gasteiger partial charge in [-0.05, 0) is 59.6 Å². The number of alkyl carbamates (subject to hydrolysis) is 1. The molecule has 0 radical (unpaired) electrons. The molecule has 0 aliphatic carbocycles. The molecule has 0 bridgehead atoms. The maximum Gasteiger partial charge on any atom is 0.407 e. The van der Waals surface area contributed by atoms with Crippen LogP contribution in [0.5, 0.6) is 0 Å². The van der Waals surface area contributed by atoms with E-state index in [4.69, 9.17) is 4.74 Å².